The van der Waals surface area contributed by atoms with Crippen molar-refractivity contribution in [2.75, 3.05) is 5.73 Å². The van der Waals surface area contributed by atoms with E-state index in [2.05, 4.69) is 9.97 Å². The molecule has 0 aliphatic heterocycles. The zero-order valence-corrected chi connectivity index (χ0v) is 8.20. The van der Waals surface area contributed by atoms with Crippen LogP contribution in [0.3, 0.4) is 0 Å². The van der Waals surface area contributed by atoms with Crippen LogP contribution >= 0.6 is 0 Å². The minimum atomic E-state index is -0.560. The predicted octanol–water partition coefficient (Wildman–Crippen LogP) is 1.63. The fraction of sp³-hybridized carbons (Fsp3) is 0. The summed E-state index contributed by atoms with van der Waals surface area (Å²) in [6, 6.07) is 6.45. The van der Waals surface area contributed by atoms with Gasteiger partial charge in [-0.3, -0.25) is 15.1 Å². The van der Waals surface area contributed by atoms with Gasteiger partial charge in [0.1, 0.15) is 0 Å². The highest BCUT2D eigenvalue weighted by molar-refractivity contribution is 5.64. The van der Waals surface area contributed by atoms with Gasteiger partial charge in [-0.1, -0.05) is 0 Å². The topological polar surface area (TPSA) is 94.9 Å². The van der Waals surface area contributed by atoms with Crippen molar-refractivity contribution in [1.29, 1.82) is 0 Å². The quantitative estimate of drug-likeness (QED) is 0.608. The van der Waals surface area contributed by atoms with Crippen molar-refractivity contribution in [2.45, 2.75) is 0 Å². The Morgan fingerprint density at radius 2 is 2.12 bits per heavy atom. The number of hydrogen-bond donors (Lipinski definition) is 1. The third kappa shape index (κ3) is 1.81. The van der Waals surface area contributed by atoms with Crippen molar-refractivity contribution in [2.24, 2.45) is 0 Å². The molecule has 2 rings (SSSR count). The van der Waals surface area contributed by atoms with E-state index in [0.717, 1.165) is 5.56 Å². The summed E-state index contributed by atoms with van der Waals surface area (Å²) in [5.74, 6) is -0.0913. The molecule has 0 aliphatic rings. The van der Waals surface area contributed by atoms with E-state index in [1.807, 2.05) is 0 Å². The van der Waals surface area contributed by atoms with E-state index in [9.17, 15) is 10.1 Å². The molecular weight excluding hydrogens is 208 g/mol. The Morgan fingerprint density at radius 1 is 1.31 bits per heavy atom. The van der Waals surface area contributed by atoms with Gasteiger partial charge in [0.15, 0.2) is 0 Å². The normalized spacial score (nSPS) is 10.0. The molecule has 0 atom stereocenters. The molecule has 0 bridgehead atoms. The number of nitrogen functional groups attached to an aromatic ring is 1. The van der Waals surface area contributed by atoms with Crippen LogP contribution in [0.1, 0.15) is 0 Å². The molecule has 2 aromatic rings. The molecule has 2 heterocycles. The first kappa shape index (κ1) is 10.0. The van der Waals surface area contributed by atoms with Crippen molar-refractivity contribution in [3.8, 4) is 11.3 Å². The number of pyridine rings is 2. The molecule has 0 saturated heterocycles. The van der Waals surface area contributed by atoms with Crippen molar-refractivity contribution in [3.05, 3.63) is 46.8 Å². The number of nitro groups is 1. The summed E-state index contributed by atoms with van der Waals surface area (Å²) in [5.41, 5.74) is 6.63. The highest BCUT2D eigenvalue weighted by atomic mass is 16.6. The second kappa shape index (κ2) is 3.93. The number of nitrogens with two attached hydrogens (primary N) is 1. The van der Waals surface area contributed by atoms with Crippen LogP contribution in [0, 0.1) is 10.1 Å². The summed E-state index contributed by atoms with van der Waals surface area (Å²) >= 11 is 0. The van der Waals surface area contributed by atoms with Gasteiger partial charge in [-0.2, -0.15) is 0 Å². The van der Waals surface area contributed by atoms with Crippen molar-refractivity contribution >= 4 is 11.5 Å². The first-order chi connectivity index (χ1) is 7.68. The minimum Gasteiger partial charge on any atom is -0.378 e. The van der Waals surface area contributed by atoms with Gasteiger partial charge in [-0.05, 0) is 18.2 Å². The lowest BCUT2D eigenvalue weighted by Crippen LogP contribution is -1.99. The Bertz CT molecular complexity index is 528. The van der Waals surface area contributed by atoms with Gasteiger partial charge in [0, 0.05) is 24.0 Å². The van der Waals surface area contributed by atoms with Crippen molar-refractivity contribution < 1.29 is 4.92 Å². The van der Waals surface area contributed by atoms with E-state index in [4.69, 9.17) is 5.73 Å². The van der Waals surface area contributed by atoms with Gasteiger partial charge in [0.25, 0.3) is 0 Å². The fourth-order valence-corrected chi connectivity index (χ4v) is 1.30. The average molecular weight is 216 g/mol. The number of rotatable bonds is 2. The summed E-state index contributed by atoms with van der Waals surface area (Å²) < 4.78 is 0. The highest BCUT2D eigenvalue weighted by Gasteiger charge is 2.13. The third-order valence-corrected chi connectivity index (χ3v) is 2.06. The molecule has 6 heteroatoms. The lowest BCUT2D eigenvalue weighted by atomic mass is 10.2. The standard InChI is InChI=1S/C10H8N4O2/c11-10-9(14(15)16)4-3-8(13-10)7-2-1-5-12-6-7/h1-6H,(H2,11,13). The average Bonchev–Trinajstić information content (AvgIpc) is 2.29. The Balaban J connectivity index is 2.46. The molecule has 0 unspecified atom stereocenters. The molecule has 2 N–H and O–H groups in total. The fourth-order valence-electron chi connectivity index (χ4n) is 1.30. The minimum absolute atomic E-state index is 0.0913. The van der Waals surface area contributed by atoms with Crippen LogP contribution < -0.4 is 5.73 Å². The molecule has 6 nitrogen and oxygen atoms in total. The van der Waals surface area contributed by atoms with E-state index in [1.165, 1.54) is 6.07 Å². The smallest absolute Gasteiger partial charge is 0.311 e. The van der Waals surface area contributed by atoms with Crippen molar-refractivity contribution in [3.63, 3.8) is 0 Å². The second-order valence-corrected chi connectivity index (χ2v) is 3.10. The number of nitrogens with zero attached hydrogens (tertiary/aromatic N) is 3. The predicted molar refractivity (Wildman–Crippen MR) is 58.5 cm³/mol. The van der Waals surface area contributed by atoms with Gasteiger partial charge >= 0.3 is 5.69 Å². The Labute approximate surface area is 90.9 Å². The SMILES string of the molecule is Nc1nc(-c2cccnc2)ccc1[N+](=O)[O-]. The first-order valence-corrected chi connectivity index (χ1v) is 4.50. The maximum atomic E-state index is 10.5. The molecular formula is C10H8N4O2. The van der Waals surface area contributed by atoms with Crippen LogP contribution in [0.2, 0.25) is 0 Å². The largest absolute Gasteiger partial charge is 0.378 e. The zero-order valence-electron chi connectivity index (χ0n) is 8.20. The van der Waals surface area contributed by atoms with Crippen LogP contribution in [-0.4, -0.2) is 14.9 Å². The lowest BCUT2D eigenvalue weighted by molar-refractivity contribution is -0.384. The maximum absolute atomic E-state index is 10.5. The summed E-state index contributed by atoms with van der Waals surface area (Å²) in [5, 5.41) is 10.5. The van der Waals surface area contributed by atoms with Crippen LogP contribution in [-0.2, 0) is 0 Å². The van der Waals surface area contributed by atoms with Crippen LogP contribution in [0.5, 0.6) is 0 Å². The molecule has 0 radical (unpaired) electrons. The Kier molecular flexibility index (Phi) is 2.47. The van der Waals surface area contributed by atoms with E-state index >= 15 is 0 Å². The second-order valence-electron chi connectivity index (χ2n) is 3.10. The monoisotopic (exact) mass is 216 g/mol. The molecule has 80 valence electrons. The van der Waals surface area contributed by atoms with Crippen LogP contribution in [0.15, 0.2) is 36.7 Å². The molecule has 2 aromatic heterocycles. The molecule has 0 aromatic carbocycles. The number of aromatic nitrogens is 2. The highest BCUT2D eigenvalue weighted by Crippen LogP contribution is 2.23. The molecule has 0 amide bonds. The first-order valence-electron chi connectivity index (χ1n) is 4.50. The van der Waals surface area contributed by atoms with Crippen molar-refractivity contribution in [1.82, 2.24) is 9.97 Å². The van der Waals surface area contributed by atoms with E-state index in [-0.39, 0.29) is 11.5 Å². The Hall–Kier alpha value is -2.50. The summed E-state index contributed by atoms with van der Waals surface area (Å²) in [6.07, 6.45) is 3.26. The zero-order chi connectivity index (χ0) is 11.5. The summed E-state index contributed by atoms with van der Waals surface area (Å²) in [4.78, 5) is 17.9. The van der Waals surface area contributed by atoms with Gasteiger partial charge in [-0.25, -0.2) is 4.98 Å². The number of hydrogen-bond acceptors (Lipinski definition) is 5. The third-order valence-electron chi connectivity index (χ3n) is 2.06. The summed E-state index contributed by atoms with van der Waals surface area (Å²) in [7, 11) is 0. The lowest BCUT2D eigenvalue weighted by Gasteiger charge is -2.01. The van der Waals surface area contributed by atoms with Crippen LogP contribution in [0.4, 0.5) is 11.5 Å². The van der Waals surface area contributed by atoms with Gasteiger partial charge < -0.3 is 5.73 Å². The number of anilines is 1. The van der Waals surface area contributed by atoms with E-state index in [1.54, 1.807) is 30.6 Å². The van der Waals surface area contributed by atoms with Gasteiger partial charge in [0.2, 0.25) is 5.82 Å². The summed E-state index contributed by atoms with van der Waals surface area (Å²) in [6.45, 7) is 0. The Morgan fingerprint density at radius 3 is 2.69 bits per heavy atom. The van der Waals surface area contributed by atoms with Gasteiger partial charge in [0.05, 0.1) is 10.6 Å². The molecule has 0 aliphatic carbocycles. The molecule has 0 fully saturated rings. The van der Waals surface area contributed by atoms with E-state index in [0.29, 0.717) is 5.69 Å². The molecule has 16 heavy (non-hydrogen) atoms. The molecule has 0 spiro atoms. The van der Waals surface area contributed by atoms with Crippen LogP contribution in [0.25, 0.3) is 11.3 Å². The van der Waals surface area contributed by atoms with Gasteiger partial charge in [-0.15, -0.1) is 0 Å². The maximum Gasteiger partial charge on any atom is 0.311 e. The molecule has 0 saturated carbocycles. The van der Waals surface area contributed by atoms with E-state index < -0.39 is 4.92 Å².